The Morgan fingerprint density at radius 2 is 1.90 bits per heavy atom. The topological polar surface area (TPSA) is 66.9 Å². The van der Waals surface area contributed by atoms with Crippen LogP contribution >= 0.6 is 0 Å². The van der Waals surface area contributed by atoms with E-state index in [0.717, 1.165) is 26.1 Å². The molecule has 0 aliphatic carbocycles. The van der Waals surface area contributed by atoms with Gasteiger partial charge in [0.25, 0.3) is 0 Å². The first-order valence-corrected chi connectivity index (χ1v) is 9.66. The molecule has 0 atom stereocenters. The second-order valence-electron chi connectivity index (χ2n) is 6.14. The van der Waals surface area contributed by atoms with Gasteiger partial charge in [0.05, 0.1) is 12.4 Å². The second kappa shape index (κ2) is 8.58. The maximum absolute atomic E-state index is 11.9. The maximum atomic E-state index is 11.9. The number of hydrogen-bond acceptors (Lipinski definition) is 5. The van der Waals surface area contributed by atoms with E-state index in [2.05, 4.69) is 4.90 Å². The van der Waals surface area contributed by atoms with E-state index >= 15 is 0 Å². The summed E-state index contributed by atoms with van der Waals surface area (Å²) in [6.07, 6.45) is 2.58. The van der Waals surface area contributed by atoms with E-state index in [1.54, 1.807) is 4.90 Å². The summed E-state index contributed by atoms with van der Waals surface area (Å²) >= 11 is 0. The van der Waals surface area contributed by atoms with Gasteiger partial charge in [-0.15, -0.1) is 0 Å². The molecule has 1 heterocycles. The highest BCUT2D eigenvalue weighted by Crippen LogP contribution is 2.07. The standard InChI is InChI=1S/C14H28N2O4S/c1-13(2)12-20-14(17)16-8-4-6-15(9-10-16)7-5-11-21(3,18)19/h13H,4-12H2,1-3H3. The van der Waals surface area contributed by atoms with Crippen molar-refractivity contribution in [1.82, 2.24) is 9.80 Å². The van der Waals surface area contributed by atoms with E-state index in [4.69, 9.17) is 4.74 Å². The normalized spacial score (nSPS) is 17.8. The van der Waals surface area contributed by atoms with Crippen LogP contribution in [0.3, 0.4) is 0 Å². The number of amides is 1. The quantitative estimate of drug-likeness (QED) is 0.736. The molecule has 21 heavy (non-hydrogen) atoms. The molecule has 6 nitrogen and oxygen atoms in total. The third-order valence-corrected chi connectivity index (χ3v) is 4.41. The van der Waals surface area contributed by atoms with Gasteiger partial charge >= 0.3 is 6.09 Å². The Balaban J connectivity index is 2.31. The van der Waals surface area contributed by atoms with Crippen molar-refractivity contribution in [2.75, 3.05) is 51.3 Å². The van der Waals surface area contributed by atoms with E-state index in [0.29, 0.717) is 32.0 Å². The molecule has 0 unspecified atom stereocenters. The molecule has 124 valence electrons. The van der Waals surface area contributed by atoms with Gasteiger partial charge in [0, 0.05) is 25.9 Å². The number of nitrogens with zero attached hydrogens (tertiary/aromatic N) is 2. The van der Waals surface area contributed by atoms with Gasteiger partial charge in [-0.05, 0) is 31.8 Å². The summed E-state index contributed by atoms with van der Waals surface area (Å²) < 4.78 is 27.5. The van der Waals surface area contributed by atoms with E-state index in [9.17, 15) is 13.2 Å². The SMILES string of the molecule is CC(C)COC(=O)N1CCCN(CCCS(C)(=O)=O)CC1. The van der Waals surface area contributed by atoms with Crippen LogP contribution in [-0.2, 0) is 14.6 Å². The maximum Gasteiger partial charge on any atom is 0.409 e. The molecule has 1 fully saturated rings. The monoisotopic (exact) mass is 320 g/mol. The van der Waals surface area contributed by atoms with Gasteiger partial charge in [-0.3, -0.25) is 0 Å². The Bertz CT molecular complexity index is 423. The van der Waals surface area contributed by atoms with E-state index in [1.807, 2.05) is 13.8 Å². The van der Waals surface area contributed by atoms with Crippen LogP contribution in [0.4, 0.5) is 4.79 Å². The predicted octanol–water partition coefficient (Wildman–Crippen LogP) is 1.22. The second-order valence-corrected chi connectivity index (χ2v) is 8.40. The minimum absolute atomic E-state index is 0.226. The molecule has 1 amide bonds. The number of carbonyl (C=O) groups excluding carboxylic acids is 1. The molecule has 1 rings (SSSR count). The molecule has 0 radical (unpaired) electrons. The molecular weight excluding hydrogens is 292 g/mol. The Morgan fingerprint density at radius 1 is 1.19 bits per heavy atom. The van der Waals surface area contributed by atoms with Crippen molar-refractivity contribution in [3.8, 4) is 0 Å². The predicted molar refractivity (Wildman–Crippen MR) is 83.1 cm³/mol. The van der Waals surface area contributed by atoms with Crippen LogP contribution in [0.25, 0.3) is 0 Å². The number of hydrogen-bond donors (Lipinski definition) is 0. The van der Waals surface area contributed by atoms with Gasteiger partial charge in [-0.1, -0.05) is 13.8 Å². The lowest BCUT2D eigenvalue weighted by molar-refractivity contribution is 0.0931. The molecule has 0 aromatic rings. The number of ether oxygens (including phenoxy) is 1. The highest BCUT2D eigenvalue weighted by atomic mass is 32.2. The van der Waals surface area contributed by atoms with E-state index in [1.165, 1.54) is 6.26 Å². The molecule has 0 aromatic carbocycles. The molecule has 0 bridgehead atoms. The van der Waals surface area contributed by atoms with Crippen molar-refractivity contribution in [2.45, 2.75) is 26.7 Å². The lowest BCUT2D eigenvalue weighted by Gasteiger charge is -2.22. The zero-order valence-electron chi connectivity index (χ0n) is 13.4. The first-order chi connectivity index (χ1) is 9.78. The fraction of sp³-hybridized carbons (Fsp3) is 0.929. The molecule has 0 saturated carbocycles. The fourth-order valence-corrected chi connectivity index (χ4v) is 2.91. The van der Waals surface area contributed by atoms with Crippen molar-refractivity contribution in [3.63, 3.8) is 0 Å². The number of rotatable bonds is 6. The molecule has 1 aliphatic heterocycles. The summed E-state index contributed by atoms with van der Waals surface area (Å²) in [6.45, 7) is 8.28. The summed E-state index contributed by atoms with van der Waals surface area (Å²) in [6, 6.07) is 0. The summed E-state index contributed by atoms with van der Waals surface area (Å²) in [7, 11) is -2.88. The Labute approximate surface area is 128 Å². The largest absolute Gasteiger partial charge is 0.449 e. The summed E-state index contributed by atoms with van der Waals surface area (Å²) in [4.78, 5) is 15.9. The van der Waals surface area contributed by atoms with Crippen LogP contribution < -0.4 is 0 Å². The molecule has 0 N–H and O–H groups in total. The molecular formula is C14H28N2O4S. The Morgan fingerprint density at radius 3 is 2.52 bits per heavy atom. The molecule has 7 heteroatoms. The third kappa shape index (κ3) is 8.26. The van der Waals surface area contributed by atoms with Crippen LogP contribution in [0.15, 0.2) is 0 Å². The highest BCUT2D eigenvalue weighted by Gasteiger charge is 2.20. The zero-order valence-corrected chi connectivity index (χ0v) is 14.2. The zero-order chi connectivity index (χ0) is 15.9. The third-order valence-electron chi connectivity index (χ3n) is 3.38. The highest BCUT2D eigenvalue weighted by molar-refractivity contribution is 7.90. The van der Waals surface area contributed by atoms with Crippen molar-refractivity contribution >= 4 is 15.9 Å². The first-order valence-electron chi connectivity index (χ1n) is 7.59. The van der Waals surface area contributed by atoms with Crippen molar-refractivity contribution in [2.24, 2.45) is 5.92 Å². The molecule has 0 aromatic heterocycles. The van der Waals surface area contributed by atoms with Crippen LogP contribution in [0.1, 0.15) is 26.7 Å². The van der Waals surface area contributed by atoms with Crippen molar-refractivity contribution in [3.05, 3.63) is 0 Å². The minimum atomic E-state index is -2.88. The number of sulfone groups is 1. The summed E-state index contributed by atoms with van der Waals surface area (Å²) in [5, 5.41) is 0. The first kappa shape index (κ1) is 18.2. The van der Waals surface area contributed by atoms with Crippen LogP contribution in [0, 0.1) is 5.92 Å². The fourth-order valence-electron chi connectivity index (χ4n) is 2.26. The lowest BCUT2D eigenvalue weighted by atomic mass is 10.2. The summed E-state index contributed by atoms with van der Waals surface area (Å²) in [5.74, 6) is 0.567. The molecule has 1 saturated heterocycles. The molecule has 1 aliphatic rings. The van der Waals surface area contributed by atoms with E-state index in [-0.39, 0.29) is 11.8 Å². The van der Waals surface area contributed by atoms with E-state index < -0.39 is 9.84 Å². The molecule has 0 spiro atoms. The Kier molecular flexibility index (Phi) is 7.45. The average molecular weight is 320 g/mol. The van der Waals surface area contributed by atoms with Gasteiger partial charge < -0.3 is 14.5 Å². The van der Waals surface area contributed by atoms with Crippen molar-refractivity contribution < 1.29 is 17.9 Å². The smallest absolute Gasteiger partial charge is 0.409 e. The van der Waals surface area contributed by atoms with Gasteiger partial charge in [0.1, 0.15) is 9.84 Å². The van der Waals surface area contributed by atoms with Crippen LogP contribution in [0.2, 0.25) is 0 Å². The van der Waals surface area contributed by atoms with Crippen molar-refractivity contribution in [1.29, 1.82) is 0 Å². The van der Waals surface area contributed by atoms with Gasteiger partial charge in [0.2, 0.25) is 0 Å². The van der Waals surface area contributed by atoms with Gasteiger partial charge in [0.15, 0.2) is 0 Å². The van der Waals surface area contributed by atoms with Crippen LogP contribution in [0.5, 0.6) is 0 Å². The average Bonchev–Trinajstić information content (AvgIpc) is 2.60. The lowest BCUT2D eigenvalue weighted by Crippen LogP contribution is -2.36. The van der Waals surface area contributed by atoms with Gasteiger partial charge in [-0.25, -0.2) is 13.2 Å². The Hall–Kier alpha value is -0.820. The summed E-state index contributed by atoms with van der Waals surface area (Å²) in [5.41, 5.74) is 0. The minimum Gasteiger partial charge on any atom is -0.449 e. The van der Waals surface area contributed by atoms with Gasteiger partial charge in [-0.2, -0.15) is 0 Å². The number of carbonyl (C=O) groups is 1. The van der Waals surface area contributed by atoms with Crippen LogP contribution in [-0.4, -0.2) is 75.7 Å².